The van der Waals surface area contributed by atoms with Crippen molar-refractivity contribution in [2.75, 3.05) is 0 Å². The van der Waals surface area contributed by atoms with Crippen LogP contribution in [0.3, 0.4) is 0 Å². The summed E-state index contributed by atoms with van der Waals surface area (Å²) in [7, 11) is 0. The Morgan fingerprint density at radius 3 is 1.47 bits per heavy atom. The molecule has 1 fully saturated rings. The number of hydrogen-bond donors (Lipinski definition) is 2. The van der Waals surface area contributed by atoms with Gasteiger partial charge in [0, 0.05) is 0 Å². The van der Waals surface area contributed by atoms with E-state index >= 15 is 0 Å². The summed E-state index contributed by atoms with van der Waals surface area (Å²) in [5.41, 5.74) is 6.05. The molecule has 0 saturated carbocycles. The monoisotopic (exact) mass is 462 g/mol. The molecule has 3 aromatic carbocycles. The molecule has 0 aromatic heterocycles. The Labute approximate surface area is 202 Å². The van der Waals surface area contributed by atoms with Gasteiger partial charge in [0.05, 0.1) is 25.9 Å². The van der Waals surface area contributed by atoms with E-state index in [1.54, 1.807) is 0 Å². The Bertz CT molecular complexity index is 900. The van der Waals surface area contributed by atoms with Crippen molar-refractivity contribution in [3.63, 3.8) is 0 Å². The summed E-state index contributed by atoms with van der Waals surface area (Å²) in [6.45, 7) is 3.40. The molecular weight excluding hydrogens is 428 g/mol. The molecule has 0 radical (unpaired) electrons. The van der Waals surface area contributed by atoms with Crippen LogP contribution in [0.15, 0.2) is 91.0 Å². The Morgan fingerprint density at radius 2 is 1.06 bits per heavy atom. The Kier molecular flexibility index (Phi) is 9.21. The van der Waals surface area contributed by atoms with E-state index in [-0.39, 0.29) is 18.3 Å². The van der Waals surface area contributed by atoms with Crippen LogP contribution in [0.25, 0.3) is 0 Å². The van der Waals surface area contributed by atoms with E-state index in [4.69, 9.17) is 24.8 Å². The maximum Gasteiger partial charge on any atom is 0.149 e. The van der Waals surface area contributed by atoms with Crippen LogP contribution < -0.4 is 11.3 Å². The fourth-order valence-corrected chi connectivity index (χ4v) is 4.25. The van der Waals surface area contributed by atoms with Gasteiger partial charge in [-0.15, -0.1) is 0 Å². The zero-order chi connectivity index (χ0) is 23.6. The van der Waals surface area contributed by atoms with Gasteiger partial charge in [0.15, 0.2) is 0 Å². The molecule has 5 atom stereocenters. The zero-order valence-electron chi connectivity index (χ0n) is 19.6. The van der Waals surface area contributed by atoms with Crippen LogP contribution in [0.1, 0.15) is 30.0 Å². The zero-order valence-corrected chi connectivity index (χ0v) is 19.6. The third-order valence-corrected chi connectivity index (χ3v) is 6.06. The first-order valence-corrected chi connectivity index (χ1v) is 11.9. The second-order valence-corrected chi connectivity index (χ2v) is 8.45. The third kappa shape index (κ3) is 6.51. The lowest BCUT2D eigenvalue weighted by Crippen LogP contribution is -2.64. The van der Waals surface area contributed by atoms with E-state index in [0.29, 0.717) is 19.8 Å². The summed E-state index contributed by atoms with van der Waals surface area (Å²) in [4.78, 5) is 0. The Hall–Kier alpha value is -2.58. The second-order valence-electron chi connectivity index (χ2n) is 8.45. The summed E-state index contributed by atoms with van der Waals surface area (Å²) < 4.78 is 25.6. The first-order chi connectivity index (χ1) is 16.8. The lowest BCUT2D eigenvalue weighted by atomic mass is 9.95. The van der Waals surface area contributed by atoms with E-state index in [2.05, 4.69) is 36.6 Å². The second kappa shape index (κ2) is 12.8. The van der Waals surface area contributed by atoms with Crippen LogP contribution in [0, 0.1) is 0 Å². The van der Waals surface area contributed by atoms with Crippen molar-refractivity contribution in [1.29, 1.82) is 0 Å². The number of rotatable bonds is 11. The summed E-state index contributed by atoms with van der Waals surface area (Å²) in [5, 5.41) is 0. The molecule has 6 nitrogen and oxygen atoms in total. The minimum atomic E-state index is -0.522. The van der Waals surface area contributed by atoms with Gasteiger partial charge in [-0.05, 0) is 23.1 Å². The summed E-state index contributed by atoms with van der Waals surface area (Å²) in [6.07, 6.45) is -1.12. The van der Waals surface area contributed by atoms with Crippen LogP contribution in [0.4, 0.5) is 0 Å². The minimum Gasteiger partial charge on any atom is -0.368 e. The maximum atomic E-state index is 6.51. The standard InChI is InChI=1S/C28H34N2O4/c1-2-24-25(31-18-21-12-6-3-7-13-21)26(32-19-22-14-8-4-9-15-22)27(28(30-29)34-24)33-20-23-16-10-5-11-17-23/h3-17,24-28,30H,2,18-20,29H2,1H3/t24-,25-,26+,27-,28?/m1/s1. The number of nitrogens with two attached hydrogens (primary N) is 1. The van der Waals surface area contributed by atoms with E-state index in [1.165, 1.54) is 0 Å². The fourth-order valence-electron chi connectivity index (χ4n) is 4.25. The van der Waals surface area contributed by atoms with Gasteiger partial charge in [0.25, 0.3) is 0 Å². The highest BCUT2D eigenvalue weighted by Gasteiger charge is 2.47. The van der Waals surface area contributed by atoms with E-state index < -0.39 is 12.3 Å². The predicted molar refractivity (Wildman–Crippen MR) is 131 cm³/mol. The molecular formula is C28H34N2O4. The number of benzene rings is 3. The van der Waals surface area contributed by atoms with Gasteiger partial charge in [-0.2, -0.15) is 0 Å². The SMILES string of the molecule is CC[C@H]1OC(NN)[C@H](OCc2ccccc2)[C@@H](OCc2ccccc2)[C@@H]1OCc1ccccc1. The number of hydrogen-bond acceptors (Lipinski definition) is 6. The highest BCUT2D eigenvalue weighted by Crippen LogP contribution is 2.30. The van der Waals surface area contributed by atoms with Gasteiger partial charge in [0.1, 0.15) is 24.5 Å². The molecule has 6 heteroatoms. The number of nitrogens with one attached hydrogen (secondary N) is 1. The van der Waals surface area contributed by atoms with Crippen LogP contribution >= 0.6 is 0 Å². The molecule has 1 saturated heterocycles. The van der Waals surface area contributed by atoms with Gasteiger partial charge in [0.2, 0.25) is 0 Å². The molecule has 0 amide bonds. The van der Waals surface area contributed by atoms with Crippen LogP contribution in [-0.4, -0.2) is 30.6 Å². The van der Waals surface area contributed by atoms with Crippen molar-refractivity contribution < 1.29 is 18.9 Å². The normalized spacial score (nSPS) is 24.7. The van der Waals surface area contributed by atoms with Gasteiger partial charge in [-0.1, -0.05) is 97.9 Å². The first kappa shape index (κ1) is 24.5. The van der Waals surface area contributed by atoms with Crippen LogP contribution in [0.5, 0.6) is 0 Å². The molecule has 0 spiro atoms. The van der Waals surface area contributed by atoms with Gasteiger partial charge < -0.3 is 18.9 Å². The average molecular weight is 463 g/mol. The molecule has 1 aliphatic rings. The largest absolute Gasteiger partial charge is 0.368 e. The molecule has 180 valence electrons. The van der Waals surface area contributed by atoms with Gasteiger partial charge >= 0.3 is 0 Å². The molecule has 34 heavy (non-hydrogen) atoms. The molecule has 3 N–H and O–H groups in total. The molecule has 4 rings (SSSR count). The minimum absolute atomic E-state index is 0.192. The molecule has 1 aliphatic heterocycles. The smallest absolute Gasteiger partial charge is 0.149 e. The van der Waals surface area contributed by atoms with Gasteiger partial charge in [-0.3, -0.25) is 5.84 Å². The van der Waals surface area contributed by atoms with Crippen molar-refractivity contribution >= 4 is 0 Å². The van der Waals surface area contributed by atoms with Crippen molar-refractivity contribution in [2.45, 2.75) is 63.8 Å². The maximum absolute atomic E-state index is 6.51. The molecule has 1 unspecified atom stereocenters. The van der Waals surface area contributed by atoms with Gasteiger partial charge in [-0.25, -0.2) is 5.43 Å². The fraction of sp³-hybridized carbons (Fsp3) is 0.357. The van der Waals surface area contributed by atoms with Crippen LogP contribution in [-0.2, 0) is 38.8 Å². The van der Waals surface area contributed by atoms with E-state index in [9.17, 15) is 0 Å². The average Bonchev–Trinajstić information content (AvgIpc) is 2.91. The topological polar surface area (TPSA) is 75.0 Å². The predicted octanol–water partition coefficient (Wildman–Crippen LogP) is 4.34. The van der Waals surface area contributed by atoms with E-state index in [0.717, 1.165) is 23.1 Å². The molecule has 0 bridgehead atoms. The van der Waals surface area contributed by atoms with E-state index in [1.807, 2.05) is 66.7 Å². The number of hydrazine groups is 1. The van der Waals surface area contributed by atoms with Crippen molar-refractivity contribution in [3.05, 3.63) is 108 Å². The summed E-state index contributed by atoms with van der Waals surface area (Å²) in [6, 6.07) is 30.3. The lowest BCUT2D eigenvalue weighted by Gasteiger charge is -2.46. The summed E-state index contributed by atoms with van der Waals surface area (Å²) in [5.74, 6) is 5.91. The molecule has 3 aromatic rings. The third-order valence-electron chi connectivity index (χ3n) is 6.06. The summed E-state index contributed by atoms with van der Waals surface area (Å²) >= 11 is 0. The van der Waals surface area contributed by atoms with Crippen LogP contribution in [0.2, 0.25) is 0 Å². The highest BCUT2D eigenvalue weighted by molar-refractivity contribution is 5.15. The molecule has 1 heterocycles. The Morgan fingerprint density at radius 1 is 0.647 bits per heavy atom. The Balaban J connectivity index is 1.56. The van der Waals surface area contributed by atoms with Crippen molar-refractivity contribution in [2.24, 2.45) is 5.84 Å². The highest BCUT2D eigenvalue weighted by atomic mass is 16.6. The number of ether oxygens (including phenoxy) is 4. The lowest BCUT2D eigenvalue weighted by molar-refractivity contribution is -0.271. The van der Waals surface area contributed by atoms with Crippen molar-refractivity contribution in [1.82, 2.24) is 5.43 Å². The van der Waals surface area contributed by atoms with Crippen molar-refractivity contribution in [3.8, 4) is 0 Å². The quantitative estimate of drug-likeness (QED) is 0.326. The molecule has 0 aliphatic carbocycles. The first-order valence-electron chi connectivity index (χ1n) is 11.9.